The van der Waals surface area contributed by atoms with Crippen molar-refractivity contribution in [2.24, 2.45) is 23.2 Å². The highest BCUT2D eigenvalue weighted by molar-refractivity contribution is 8.10. The topological polar surface area (TPSA) is 127 Å². The molecule has 0 heterocycles. The number of halogens is 2. The molecule has 4 aliphatic carbocycles. The minimum absolute atomic E-state index is 0.280. The van der Waals surface area contributed by atoms with Crippen LogP contribution in [-0.2, 0) is 34.0 Å². The van der Waals surface area contributed by atoms with E-state index >= 15 is 0 Å². The lowest BCUT2D eigenvalue weighted by molar-refractivity contribution is -0.0733. The molecule has 0 aromatic rings. The molecule has 0 spiro atoms. The van der Waals surface area contributed by atoms with E-state index in [-0.39, 0.29) is 12.0 Å². The van der Waals surface area contributed by atoms with Crippen molar-refractivity contribution in [1.29, 1.82) is 0 Å². The molecule has 0 N–H and O–H groups in total. The Hall–Kier alpha value is -1.05. The minimum Gasteiger partial charge on any atom is -0.429 e. The van der Waals surface area contributed by atoms with Crippen LogP contribution in [-0.4, -0.2) is 47.1 Å². The molecule has 31 heavy (non-hydrogen) atoms. The zero-order valence-corrected chi connectivity index (χ0v) is 19.3. The predicted octanol–water partition coefficient (Wildman–Crippen LogP) is 3.71. The summed E-state index contributed by atoms with van der Waals surface area (Å²) in [4.78, 5) is 11.4. The number of carbonyl (C=O) groups is 1. The maximum absolute atomic E-state index is 14.0. The Bertz CT molecular complexity index is 876. The third-order valence-electron chi connectivity index (χ3n) is 5.99. The molecule has 4 saturated carbocycles. The molecule has 0 radical (unpaired) electrons. The van der Waals surface area contributed by atoms with E-state index < -0.39 is 43.9 Å². The molecule has 0 aromatic carbocycles. The van der Waals surface area contributed by atoms with Gasteiger partial charge in [0.25, 0.3) is 0 Å². The van der Waals surface area contributed by atoms with Gasteiger partial charge >= 0.3 is 11.4 Å². The lowest BCUT2D eigenvalue weighted by atomic mass is 9.50. The zero-order valence-electron chi connectivity index (χ0n) is 17.7. The van der Waals surface area contributed by atoms with Crippen molar-refractivity contribution in [2.45, 2.75) is 70.2 Å². The van der Waals surface area contributed by atoms with Gasteiger partial charge in [-0.2, -0.15) is 8.78 Å². The van der Waals surface area contributed by atoms with Gasteiger partial charge < -0.3 is 13.6 Å². The van der Waals surface area contributed by atoms with Gasteiger partial charge in [0, 0.05) is 0 Å². The number of alkyl halides is 2. The molecule has 0 atom stereocenters. The van der Waals surface area contributed by atoms with Gasteiger partial charge in [-0.15, -0.1) is 0 Å². The van der Waals surface area contributed by atoms with Crippen LogP contribution in [0, 0.1) is 23.2 Å². The Morgan fingerprint density at radius 2 is 1.48 bits per heavy atom. The summed E-state index contributed by atoms with van der Waals surface area (Å²) in [6, 6.07) is 0. The number of hydrogen-bond acceptors (Lipinski definition) is 8. The normalized spacial score (nSPS) is 30.9. The molecule has 4 fully saturated rings. The smallest absolute Gasteiger partial charge is 0.429 e. The van der Waals surface area contributed by atoms with Crippen LogP contribution in [0.25, 0.3) is 4.13 Å². The Morgan fingerprint density at radius 1 is 1.00 bits per heavy atom. The van der Waals surface area contributed by atoms with Crippen molar-refractivity contribution in [3.63, 3.8) is 0 Å². The van der Waals surface area contributed by atoms with Crippen LogP contribution < -0.4 is 0 Å². The van der Waals surface area contributed by atoms with E-state index in [9.17, 15) is 30.4 Å². The second kappa shape index (κ2) is 8.07. The van der Waals surface area contributed by atoms with E-state index in [1.54, 1.807) is 0 Å². The van der Waals surface area contributed by atoms with Gasteiger partial charge in [-0.3, -0.25) is 4.18 Å². The number of carbonyl (C=O) groups excluding carboxylic acids is 1. The van der Waals surface area contributed by atoms with Gasteiger partial charge in [0.05, 0.1) is 6.61 Å². The van der Waals surface area contributed by atoms with Crippen molar-refractivity contribution in [2.75, 3.05) is 13.2 Å². The highest BCUT2D eigenvalue weighted by atomic mass is 32.3. The van der Waals surface area contributed by atoms with Crippen molar-refractivity contribution in [3.05, 3.63) is 4.13 Å². The maximum Gasteiger partial charge on any atom is 0.509 e. The van der Waals surface area contributed by atoms with Crippen LogP contribution in [0.5, 0.6) is 0 Å². The van der Waals surface area contributed by atoms with E-state index in [0.29, 0.717) is 17.8 Å². The molecule has 0 aliphatic heterocycles. The third kappa shape index (κ3) is 6.05. The quantitative estimate of drug-likeness (QED) is 0.473. The second-order valence-corrected chi connectivity index (χ2v) is 13.3. The van der Waals surface area contributed by atoms with Crippen molar-refractivity contribution in [3.8, 4) is 0 Å². The minimum atomic E-state index is -5.89. The molecule has 180 valence electrons. The summed E-state index contributed by atoms with van der Waals surface area (Å²) in [5.74, 6) is 1.48. The Morgan fingerprint density at radius 3 is 1.94 bits per heavy atom. The van der Waals surface area contributed by atoms with Crippen molar-refractivity contribution < 1.29 is 44.1 Å². The SMILES string of the molecule is CC(C)(C)OC(=O)OCC(F)(F)S(=O)(=O)[N-]S(=O)(=O)OCC12CC3CC(CC(C3)C1)C2. The van der Waals surface area contributed by atoms with E-state index in [0.717, 1.165) is 38.5 Å². The summed E-state index contributed by atoms with van der Waals surface area (Å²) in [6.07, 6.45) is 4.13. The van der Waals surface area contributed by atoms with Crippen molar-refractivity contribution in [1.82, 2.24) is 0 Å². The average Bonchev–Trinajstić information content (AvgIpc) is 2.55. The predicted molar refractivity (Wildman–Crippen MR) is 105 cm³/mol. The second-order valence-electron chi connectivity index (χ2n) is 10.0. The first kappa shape index (κ1) is 24.6. The number of hydrogen-bond donors (Lipinski definition) is 0. The molecule has 4 rings (SSSR count). The fourth-order valence-electron chi connectivity index (χ4n) is 5.36. The van der Waals surface area contributed by atoms with Crippen LogP contribution in [0.15, 0.2) is 0 Å². The van der Waals surface area contributed by atoms with E-state index in [4.69, 9.17) is 4.18 Å². The van der Waals surface area contributed by atoms with Crippen LogP contribution in [0.4, 0.5) is 13.6 Å². The molecule has 0 saturated heterocycles. The number of sulfonamides is 1. The average molecular weight is 489 g/mol. The number of ether oxygens (including phenoxy) is 2. The fourth-order valence-corrected chi connectivity index (χ4v) is 7.54. The summed E-state index contributed by atoms with van der Waals surface area (Å²) in [7, 11) is -11.0. The first-order valence-corrected chi connectivity index (χ1v) is 12.9. The first-order valence-electron chi connectivity index (χ1n) is 10.1. The number of nitrogens with zero attached hydrogens (tertiary/aromatic N) is 1. The first-order chi connectivity index (χ1) is 14.0. The number of rotatable bonds is 8. The van der Waals surface area contributed by atoms with Crippen molar-refractivity contribution >= 4 is 26.5 Å². The van der Waals surface area contributed by atoms with Gasteiger partial charge in [0.2, 0.25) is 10.3 Å². The van der Waals surface area contributed by atoms with Crippen LogP contribution >= 0.6 is 0 Å². The molecule has 0 unspecified atom stereocenters. The maximum atomic E-state index is 14.0. The lowest BCUT2D eigenvalue weighted by Gasteiger charge is -2.56. The third-order valence-corrected chi connectivity index (χ3v) is 8.80. The summed E-state index contributed by atoms with van der Waals surface area (Å²) < 4.78 is 91.9. The van der Waals surface area contributed by atoms with Gasteiger partial charge in [0.15, 0.2) is 16.6 Å². The molecule has 9 nitrogen and oxygen atoms in total. The van der Waals surface area contributed by atoms with E-state index in [1.165, 1.54) is 20.8 Å². The Kier molecular flexibility index (Phi) is 6.40. The summed E-state index contributed by atoms with van der Waals surface area (Å²) in [5.41, 5.74) is -1.44. The van der Waals surface area contributed by atoms with E-state index in [1.807, 2.05) is 0 Å². The molecule has 13 heteroatoms. The molecule has 0 aromatic heterocycles. The highest BCUT2D eigenvalue weighted by Gasteiger charge is 2.51. The highest BCUT2D eigenvalue weighted by Crippen LogP contribution is 2.60. The van der Waals surface area contributed by atoms with Gasteiger partial charge in [-0.1, -0.05) is 0 Å². The lowest BCUT2D eigenvalue weighted by Crippen LogP contribution is -2.48. The standard InChI is InChI=1S/C18H28F2NO8S2/c1-16(2,3)29-15(22)27-11-18(19,20)30(23,24)21-31(25,26)28-10-17-7-12-4-13(8-17)6-14(5-12)9-17/h12-14H,4-11H2,1-3H3/q-1. The molecule has 0 amide bonds. The fraction of sp³-hybridized carbons (Fsp3) is 0.944. The summed E-state index contributed by atoms with van der Waals surface area (Å²) in [5, 5.41) is -4.78. The molecule has 4 bridgehead atoms. The van der Waals surface area contributed by atoms with Crippen LogP contribution in [0.1, 0.15) is 59.3 Å². The molecular formula is C18H28F2NO8S2-. The van der Waals surface area contributed by atoms with Gasteiger partial charge in [-0.05, 0) is 82.5 Å². The van der Waals surface area contributed by atoms with Gasteiger partial charge in [0.1, 0.15) is 5.60 Å². The zero-order chi connectivity index (χ0) is 23.3. The largest absolute Gasteiger partial charge is 0.509 e. The van der Waals surface area contributed by atoms with Crippen LogP contribution in [0.2, 0.25) is 0 Å². The Labute approximate surface area is 181 Å². The summed E-state index contributed by atoms with van der Waals surface area (Å²) >= 11 is 0. The molecular weight excluding hydrogens is 460 g/mol. The monoisotopic (exact) mass is 488 g/mol. The van der Waals surface area contributed by atoms with Crippen LogP contribution in [0.3, 0.4) is 0 Å². The summed E-state index contributed by atoms with van der Waals surface area (Å²) in [6.45, 7) is 2.13. The Balaban J connectivity index is 1.57. The molecule has 4 aliphatic rings. The van der Waals surface area contributed by atoms with Gasteiger partial charge in [-0.25, -0.2) is 21.6 Å². The van der Waals surface area contributed by atoms with E-state index in [2.05, 4.69) is 13.6 Å².